The van der Waals surface area contributed by atoms with Crippen molar-refractivity contribution in [2.45, 2.75) is 37.8 Å². The van der Waals surface area contributed by atoms with Crippen LogP contribution in [0.25, 0.3) is 11.1 Å². The van der Waals surface area contributed by atoms with Gasteiger partial charge in [-0.3, -0.25) is 10.1 Å². The highest BCUT2D eigenvalue weighted by Gasteiger charge is 2.49. The van der Waals surface area contributed by atoms with Gasteiger partial charge in [-0.1, -0.05) is 42.5 Å². The molecule has 3 nitrogen and oxygen atoms in total. The van der Waals surface area contributed by atoms with Crippen LogP contribution in [0.4, 0.5) is 0 Å². The predicted octanol–water partition coefficient (Wildman–Crippen LogP) is 3.69. The van der Waals surface area contributed by atoms with Gasteiger partial charge < -0.3 is 4.90 Å². The maximum Gasteiger partial charge on any atom is 0.242 e. The molecule has 2 aliphatic rings. The lowest BCUT2D eigenvalue weighted by Gasteiger charge is -2.23. The van der Waals surface area contributed by atoms with Gasteiger partial charge in [0.25, 0.3) is 0 Å². The summed E-state index contributed by atoms with van der Waals surface area (Å²) in [5.41, 5.74) is 4.79. The summed E-state index contributed by atoms with van der Waals surface area (Å²) in [7, 11) is 1.91. The summed E-state index contributed by atoms with van der Waals surface area (Å²) in [6.45, 7) is 3.01. The molecule has 2 atom stereocenters. The second-order valence-electron chi connectivity index (χ2n) is 7.23. The third-order valence-electron chi connectivity index (χ3n) is 5.69. The summed E-state index contributed by atoms with van der Waals surface area (Å²) < 4.78 is 0. The van der Waals surface area contributed by atoms with Crippen molar-refractivity contribution in [3.05, 3.63) is 59.7 Å². The van der Waals surface area contributed by atoms with Gasteiger partial charge in [0, 0.05) is 19.6 Å². The number of benzene rings is 2. The molecule has 1 spiro atoms. The number of hydrogen-bond donors (Lipinski definition) is 1. The first kappa shape index (κ1) is 15.4. The zero-order valence-electron chi connectivity index (χ0n) is 14.4. The molecule has 24 heavy (non-hydrogen) atoms. The Morgan fingerprint density at radius 3 is 2.71 bits per heavy atom. The summed E-state index contributed by atoms with van der Waals surface area (Å²) in [5, 5.41) is 3.66. The maximum absolute atomic E-state index is 12.5. The fourth-order valence-corrected chi connectivity index (χ4v) is 4.24. The summed E-state index contributed by atoms with van der Waals surface area (Å²) in [5.74, 6) is 0.264. The molecule has 1 N–H and O–H groups in total. The van der Waals surface area contributed by atoms with Crippen LogP contribution in [0.15, 0.2) is 48.5 Å². The number of aryl methyl sites for hydroxylation is 1. The van der Waals surface area contributed by atoms with Gasteiger partial charge in [0.15, 0.2) is 0 Å². The summed E-state index contributed by atoms with van der Waals surface area (Å²) in [6.07, 6.45) is 2.89. The van der Waals surface area contributed by atoms with Crippen LogP contribution >= 0.6 is 0 Å². The number of carbonyl (C=O) groups excluding carboxylic acids is 1. The first-order chi connectivity index (χ1) is 11.6. The number of nitrogens with one attached hydrogen (secondary N) is 1. The second-order valence-corrected chi connectivity index (χ2v) is 7.23. The van der Waals surface area contributed by atoms with Gasteiger partial charge in [-0.15, -0.1) is 0 Å². The summed E-state index contributed by atoms with van der Waals surface area (Å²) in [6, 6.07) is 17.5. The monoisotopic (exact) mass is 320 g/mol. The van der Waals surface area contributed by atoms with E-state index in [1.165, 1.54) is 22.3 Å². The van der Waals surface area contributed by atoms with E-state index in [1.54, 1.807) is 0 Å². The van der Waals surface area contributed by atoms with Crippen LogP contribution in [0.1, 0.15) is 36.4 Å². The average Bonchev–Trinajstić information content (AvgIpc) is 3.16. The molecule has 124 valence electrons. The van der Waals surface area contributed by atoms with Crippen LogP contribution in [0.5, 0.6) is 0 Å². The van der Waals surface area contributed by atoms with Crippen molar-refractivity contribution < 1.29 is 4.79 Å². The zero-order chi connectivity index (χ0) is 16.7. The Labute approximate surface area is 143 Å². The number of nitrogens with zero attached hydrogens (tertiary/aromatic N) is 1. The Bertz CT molecular complexity index is 785. The second kappa shape index (κ2) is 5.75. The molecule has 1 amide bonds. The number of amides is 1. The van der Waals surface area contributed by atoms with E-state index >= 15 is 0 Å². The largest absolute Gasteiger partial charge is 0.344 e. The first-order valence-corrected chi connectivity index (χ1v) is 8.78. The molecule has 3 heteroatoms. The lowest BCUT2D eigenvalue weighted by atomic mass is 9.95. The van der Waals surface area contributed by atoms with E-state index in [0.29, 0.717) is 0 Å². The van der Waals surface area contributed by atoms with Gasteiger partial charge in [0.2, 0.25) is 5.91 Å². The first-order valence-electron chi connectivity index (χ1n) is 8.78. The summed E-state index contributed by atoms with van der Waals surface area (Å²) in [4.78, 5) is 14.4. The molecule has 0 unspecified atom stereocenters. The topological polar surface area (TPSA) is 32.3 Å². The van der Waals surface area contributed by atoms with Crippen molar-refractivity contribution in [3.8, 4) is 11.1 Å². The van der Waals surface area contributed by atoms with Gasteiger partial charge in [-0.05, 0) is 54.5 Å². The van der Waals surface area contributed by atoms with Gasteiger partial charge in [-0.25, -0.2) is 0 Å². The molecule has 4 rings (SSSR count). The Balaban J connectivity index is 1.62. The lowest BCUT2D eigenvalue weighted by Crippen LogP contribution is -2.47. The number of likely N-dealkylation sites (N-methyl/N-ethyl adjacent to an activating group) is 1. The van der Waals surface area contributed by atoms with Crippen LogP contribution in [-0.2, 0) is 4.79 Å². The number of likely N-dealkylation sites (tertiary alicyclic amines) is 1. The molecule has 0 aliphatic carbocycles. The molecule has 2 aromatic carbocycles. The van der Waals surface area contributed by atoms with Gasteiger partial charge >= 0.3 is 0 Å². The Morgan fingerprint density at radius 1 is 1.12 bits per heavy atom. The van der Waals surface area contributed by atoms with E-state index in [1.807, 2.05) is 11.9 Å². The maximum atomic E-state index is 12.5. The molecule has 2 fully saturated rings. The van der Waals surface area contributed by atoms with E-state index in [4.69, 9.17) is 0 Å². The molecule has 2 aliphatic heterocycles. The molecule has 0 bridgehead atoms. The number of rotatable bonds is 2. The van der Waals surface area contributed by atoms with Crippen molar-refractivity contribution in [2.75, 3.05) is 13.6 Å². The zero-order valence-corrected chi connectivity index (χ0v) is 14.4. The van der Waals surface area contributed by atoms with Crippen LogP contribution in [-0.4, -0.2) is 29.9 Å². The van der Waals surface area contributed by atoms with E-state index in [-0.39, 0.29) is 17.5 Å². The fourth-order valence-electron chi connectivity index (χ4n) is 4.24. The smallest absolute Gasteiger partial charge is 0.242 e. The Morgan fingerprint density at radius 2 is 1.96 bits per heavy atom. The third-order valence-corrected chi connectivity index (χ3v) is 5.69. The van der Waals surface area contributed by atoms with Gasteiger partial charge in [0.1, 0.15) is 5.54 Å². The minimum atomic E-state index is -0.321. The van der Waals surface area contributed by atoms with Crippen molar-refractivity contribution in [1.82, 2.24) is 10.2 Å². The van der Waals surface area contributed by atoms with Crippen LogP contribution in [0, 0.1) is 6.92 Å². The molecule has 2 aromatic rings. The van der Waals surface area contributed by atoms with Crippen molar-refractivity contribution in [3.63, 3.8) is 0 Å². The van der Waals surface area contributed by atoms with E-state index in [2.05, 4.69) is 60.8 Å². The average molecular weight is 320 g/mol. The van der Waals surface area contributed by atoms with E-state index in [0.717, 1.165) is 25.8 Å². The van der Waals surface area contributed by atoms with Gasteiger partial charge in [0.05, 0.1) is 0 Å². The Hall–Kier alpha value is -2.13. The Kier molecular flexibility index (Phi) is 3.69. The highest BCUT2D eigenvalue weighted by atomic mass is 16.2. The van der Waals surface area contributed by atoms with Crippen molar-refractivity contribution >= 4 is 5.91 Å². The molecule has 0 radical (unpaired) electrons. The van der Waals surface area contributed by atoms with E-state index < -0.39 is 0 Å². The quantitative estimate of drug-likeness (QED) is 0.915. The third kappa shape index (κ3) is 2.44. The number of carbonyl (C=O) groups is 1. The van der Waals surface area contributed by atoms with E-state index in [9.17, 15) is 4.79 Å². The predicted molar refractivity (Wildman–Crippen MR) is 96.7 cm³/mol. The molecule has 2 saturated heterocycles. The minimum Gasteiger partial charge on any atom is -0.344 e. The molecule has 0 aromatic heterocycles. The summed E-state index contributed by atoms with van der Waals surface area (Å²) >= 11 is 0. The minimum absolute atomic E-state index is 0.264. The SMILES string of the molecule is Cc1ccccc1-c1cccc([C@@H]2CC[C@]3(CCN(C)C3=O)N2)c1. The number of hydrogen-bond acceptors (Lipinski definition) is 2. The van der Waals surface area contributed by atoms with Crippen molar-refractivity contribution in [2.24, 2.45) is 0 Å². The molecule has 0 saturated carbocycles. The normalized spacial score (nSPS) is 26.5. The standard InChI is InChI=1S/C21H24N2O/c1-15-6-3-4-9-18(15)16-7-5-8-17(14-16)19-10-11-21(22-19)12-13-23(2)20(21)24/h3-9,14,19,22H,10-13H2,1-2H3/t19-,21+/m0/s1. The lowest BCUT2D eigenvalue weighted by molar-refractivity contribution is -0.131. The van der Waals surface area contributed by atoms with Crippen LogP contribution < -0.4 is 5.32 Å². The highest BCUT2D eigenvalue weighted by molar-refractivity contribution is 5.88. The van der Waals surface area contributed by atoms with Crippen LogP contribution in [0.3, 0.4) is 0 Å². The van der Waals surface area contributed by atoms with Crippen molar-refractivity contribution in [1.29, 1.82) is 0 Å². The van der Waals surface area contributed by atoms with Gasteiger partial charge in [-0.2, -0.15) is 0 Å². The van der Waals surface area contributed by atoms with Crippen LogP contribution in [0.2, 0.25) is 0 Å². The molecule has 2 heterocycles. The molecular weight excluding hydrogens is 296 g/mol. The fraction of sp³-hybridized carbons (Fsp3) is 0.381. The molecular formula is C21H24N2O. The highest BCUT2D eigenvalue weighted by Crippen LogP contribution is 2.39.